The fourth-order valence-electron chi connectivity index (χ4n) is 4.19. The van der Waals surface area contributed by atoms with Gasteiger partial charge in [-0.05, 0) is 23.8 Å². The fraction of sp³-hybridized carbons (Fsp3) is 0.304. The minimum atomic E-state index is 0.112. The van der Waals surface area contributed by atoms with Crippen molar-refractivity contribution in [1.82, 2.24) is 9.88 Å². The molecule has 1 amide bonds. The lowest BCUT2D eigenvalue weighted by molar-refractivity contribution is 0.0779. The molecule has 0 saturated carbocycles. The summed E-state index contributed by atoms with van der Waals surface area (Å²) in [6.45, 7) is 4.35. The van der Waals surface area contributed by atoms with E-state index in [0.29, 0.717) is 37.7 Å². The molecule has 3 heterocycles. The van der Waals surface area contributed by atoms with Crippen LogP contribution < -0.4 is 4.90 Å². The predicted molar refractivity (Wildman–Crippen MR) is 115 cm³/mol. The molecule has 2 aliphatic heterocycles. The van der Waals surface area contributed by atoms with Crippen LogP contribution in [-0.2, 0) is 17.7 Å². The second-order valence-electron chi connectivity index (χ2n) is 7.50. The first-order valence-electron chi connectivity index (χ1n) is 9.99. The summed E-state index contributed by atoms with van der Waals surface area (Å²) < 4.78 is 5.46. The van der Waals surface area contributed by atoms with Gasteiger partial charge < -0.3 is 14.5 Å². The number of ether oxygens (including phenoxy) is 1. The number of carbonyl (C=O) groups is 1. The van der Waals surface area contributed by atoms with Crippen LogP contribution >= 0.6 is 11.6 Å². The third-order valence-electron chi connectivity index (χ3n) is 5.71. The minimum Gasteiger partial charge on any atom is -0.378 e. The number of anilines is 1. The number of hydrogen-bond donors (Lipinski definition) is 0. The average Bonchev–Trinajstić information content (AvgIpc) is 3.09. The molecule has 2 aliphatic rings. The standard InChI is InChI=1S/C23H22ClN3O2/c24-19-5-1-3-16-7-8-18(25-22(16)19)9-10-27-15-17-4-2-6-20(21(17)23(27)28)26-11-13-29-14-12-26/h1-8H,9-15H2. The molecule has 0 unspecified atom stereocenters. The summed E-state index contributed by atoms with van der Waals surface area (Å²) >= 11 is 6.29. The van der Waals surface area contributed by atoms with Crippen LogP contribution in [0.25, 0.3) is 10.9 Å². The molecule has 2 aromatic carbocycles. The van der Waals surface area contributed by atoms with E-state index < -0.39 is 0 Å². The molecule has 29 heavy (non-hydrogen) atoms. The molecule has 5 nitrogen and oxygen atoms in total. The Hall–Kier alpha value is -2.63. The number of nitrogens with zero attached hydrogens (tertiary/aromatic N) is 3. The van der Waals surface area contributed by atoms with Gasteiger partial charge in [0.2, 0.25) is 0 Å². The average molecular weight is 408 g/mol. The Bertz CT molecular complexity index is 1080. The van der Waals surface area contributed by atoms with E-state index in [2.05, 4.69) is 17.0 Å². The highest BCUT2D eigenvalue weighted by atomic mass is 35.5. The summed E-state index contributed by atoms with van der Waals surface area (Å²) in [5, 5.41) is 1.69. The van der Waals surface area contributed by atoms with Gasteiger partial charge in [-0.25, -0.2) is 0 Å². The van der Waals surface area contributed by atoms with Crippen molar-refractivity contribution in [3.05, 3.63) is 70.4 Å². The van der Waals surface area contributed by atoms with Crippen molar-refractivity contribution in [2.24, 2.45) is 0 Å². The highest BCUT2D eigenvalue weighted by Gasteiger charge is 2.31. The van der Waals surface area contributed by atoms with E-state index in [0.717, 1.165) is 46.5 Å². The highest BCUT2D eigenvalue weighted by Crippen LogP contribution is 2.32. The van der Waals surface area contributed by atoms with Crippen LogP contribution in [0.15, 0.2) is 48.5 Å². The summed E-state index contributed by atoms with van der Waals surface area (Å²) in [5.41, 5.74) is 4.76. The fourth-order valence-corrected chi connectivity index (χ4v) is 4.41. The van der Waals surface area contributed by atoms with Gasteiger partial charge in [-0.2, -0.15) is 0 Å². The van der Waals surface area contributed by atoms with Crippen molar-refractivity contribution in [1.29, 1.82) is 0 Å². The molecule has 0 aliphatic carbocycles. The first-order chi connectivity index (χ1) is 14.2. The van der Waals surface area contributed by atoms with Gasteiger partial charge in [0.05, 0.1) is 35.0 Å². The van der Waals surface area contributed by atoms with E-state index >= 15 is 0 Å². The molecule has 0 spiro atoms. The monoisotopic (exact) mass is 407 g/mol. The molecule has 0 radical (unpaired) electrons. The van der Waals surface area contributed by atoms with Crippen LogP contribution in [-0.4, -0.2) is 48.6 Å². The number of fused-ring (bicyclic) bond motifs is 2. The minimum absolute atomic E-state index is 0.112. The van der Waals surface area contributed by atoms with E-state index in [-0.39, 0.29) is 5.91 Å². The van der Waals surface area contributed by atoms with Gasteiger partial charge in [0.1, 0.15) is 0 Å². The number of para-hydroxylation sites is 1. The number of benzene rings is 2. The number of rotatable bonds is 4. The van der Waals surface area contributed by atoms with Gasteiger partial charge in [-0.15, -0.1) is 0 Å². The summed E-state index contributed by atoms with van der Waals surface area (Å²) in [5.74, 6) is 0.112. The van der Waals surface area contributed by atoms with Crippen LogP contribution in [0.2, 0.25) is 5.02 Å². The van der Waals surface area contributed by atoms with Crippen LogP contribution in [0, 0.1) is 0 Å². The molecule has 6 heteroatoms. The lowest BCUT2D eigenvalue weighted by Crippen LogP contribution is -2.37. The number of pyridine rings is 1. The second kappa shape index (κ2) is 7.65. The highest BCUT2D eigenvalue weighted by molar-refractivity contribution is 6.35. The van der Waals surface area contributed by atoms with Gasteiger partial charge in [0, 0.05) is 43.7 Å². The summed E-state index contributed by atoms with van der Waals surface area (Å²) in [6, 6.07) is 16.0. The molecule has 1 saturated heterocycles. The smallest absolute Gasteiger partial charge is 0.256 e. The first-order valence-corrected chi connectivity index (χ1v) is 10.4. The lowest BCUT2D eigenvalue weighted by atomic mass is 10.1. The Labute approximate surface area is 174 Å². The van der Waals surface area contributed by atoms with E-state index in [1.165, 1.54) is 0 Å². The van der Waals surface area contributed by atoms with Gasteiger partial charge >= 0.3 is 0 Å². The van der Waals surface area contributed by atoms with E-state index in [4.69, 9.17) is 21.3 Å². The van der Waals surface area contributed by atoms with Crippen LogP contribution in [0.3, 0.4) is 0 Å². The molecule has 148 valence electrons. The largest absolute Gasteiger partial charge is 0.378 e. The molecule has 0 bridgehead atoms. The Balaban J connectivity index is 1.34. The summed E-state index contributed by atoms with van der Waals surface area (Å²) in [7, 11) is 0. The molecule has 1 fully saturated rings. The quantitative estimate of drug-likeness (QED) is 0.657. The number of hydrogen-bond acceptors (Lipinski definition) is 4. The second-order valence-corrected chi connectivity index (χ2v) is 7.91. The topological polar surface area (TPSA) is 45.7 Å². The van der Waals surface area contributed by atoms with Crippen LogP contribution in [0.1, 0.15) is 21.6 Å². The zero-order valence-electron chi connectivity index (χ0n) is 16.1. The van der Waals surface area contributed by atoms with Gasteiger partial charge in [0.15, 0.2) is 0 Å². The van der Waals surface area contributed by atoms with E-state index in [1.54, 1.807) is 0 Å². The van der Waals surface area contributed by atoms with Crippen LogP contribution in [0.5, 0.6) is 0 Å². The SMILES string of the molecule is O=C1c2c(cccc2N2CCOCC2)CN1CCc1ccc2cccc(Cl)c2n1. The van der Waals surface area contributed by atoms with Crippen molar-refractivity contribution in [3.63, 3.8) is 0 Å². The normalized spacial score (nSPS) is 16.5. The van der Waals surface area contributed by atoms with Crippen molar-refractivity contribution < 1.29 is 9.53 Å². The van der Waals surface area contributed by atoms with Crippen molar-refractivity contribution in [2.45, 2.75) is 13.0 Å². The zero-order valence-corrected chi connectivity index (χ0v) is 16.9. The Kier molecular flexibility index (Phi) is 4.86. The van der Waals surface area contributed by atoms with Gasteiger partial charge in [-0.1, -0.05) is 41.9 Å². The lowest BCUT2D eigenvalue weighted by Gasteiger charge is -2.30. The molecule has 5 rings (SSSR count). The predicted octanol–water partition coefficient (Wildman–Crippen LogP) is 3.92. The van der Waals surface area contributed by atoms with Gasteiger partial charge in [-0.3, -0.25) is 9.78 Å². The maximum Gasteiger partial charge on any atom is 0.256 e. The van der Waals surface area contributed by atoms with Crippen molar-refractivity contribution >= 4 is 34.1 Å². The molecule has 1 aromatic heterocycles. The molecular weight excluding hydrogens is 386 g/mol. The molecular formula is C23H22ClN3O2. The third kappa shape index (κ3) is 3.45. The number of morpholine rings is 1. The summed E-state index contributed by atoms with van der Waals surface area (Å²) in [4.78, 5) is 22.1. The first kappa shape index (κ1) is 18.4. The third-order valence-corrected chi connectivity index (χ3v) is 6.01. The van der Waals surface area contributed by atoms with Crippen molar-refractivity contribution in [2.75, 3.05) is 37.7 Å². The summed E-state index contributed by atoms with van der Waals surface area (Å²) in [6.07, 6.45) is 0.702. The zero-order chi connectivity index (χ0) is 19.8. The van der Waals surface area contributed by atoms with Crippen LogP contribution in [0.4, 0.5) is 5.69 Å². The Morgan fingerprint density at radius 2 is 1.86 bits per heavy atom. The number of amides is 1. The number of halogens is 1. The van der Waals surface area contributed by atoms with E-state index in [9.17, 15) is 4.79 Å². The van der Waals surface area contributed by atoms with E-state index in [1.807, 2.05) is 41.3 Å². The Morgan fingerprint density at radius 1 is 1.03 bits per heavy atom. The molecule has 0 atom stereocenters. The maximum atomic E-state index is 13.2. The maximum absolute atomic E-state index is 13.2. The van der Waals surface area contributed by atoms with Crippen molar-refractivity contribution in [3.8, 4) is 0 Å². The Morgan fingerprint density at radius 3 is 2.72 bits per heavy atom. The van der Waals surface area contributed by atoms with Gasteiger partial charge in [0.25, 0.3) is 5.91 Å². The molecule has 0 N–H and O–H groups in total. The molecule has 3 aromatic rings. The number of carbonyl (C=O) groups excluding carboxylic acids is 1. The number of aromatic nitrogens is 1.